The lowest BCUT2D eigenvalue weighted by Crippen LogP contribution is -2.30. The van der Waals surface area contributed by atoms with Gasteiger partial charge in [0.15, 0.2) is 9.84 Å². The van der Waals surface area contributed by atoms with E-state index in [0.717, 1.165) is 6.26 Å². The van der Waals surface area contributed by atoms with Crippen LogP contribution in [-0.2, 0) is 15.4 Å². The van der Waals surface area contributed by atoms with E-state index in [2.05, 4.69) is 0 Å². The molecule has 0 fully saturated rings. The maximum absolute atomic E-state index is 11.1. The van der Waals surface area contributed by atoms with E-state index < -0.39 is 15.4 Å². The van der Waals surface area contributed by atoms with Crippen LogP contribution in [-0.4, -0.2) is 25.5 Å². The summed E-state index contributed by atoms with van der Waals surface area (Å²) in [5.41, 5.74) is -0.695. The summed E-state index contributed by atoms with van der Waals surface area (Å²) in [5.74, 6) is -0.260. The van der Waals surface area contributed by atoms with Crippen LogP contribution in [0.2, 0.25) is 0 Å². The largest absolute Gasteiger partial charge is 0.384 e. The maximum Gasteiger partial charge on any atom is 0.150 e. The average molecular weight is 214 g/mol. The monoisotopic (exact) mass is 214 g/mol. The Balaban J connectivity index is 2.97. The van der Waals surface area contributed by atoms with Crippen molar-refractivity contribution in [1.82, 2.24) is 0 Å². The molecule has 0 radical (unpaired) electrons. The molecule has 3 nitrogen and oxygen atoms in total. The second-order valence-corrected chi connectivity index (χ2v) is 5.85. The van der Waals surface area contributed by atoms with Gasteiger partial charge >= 0.3 is 0 Å². The lowest BCUT2D eigenvalue weighted by atomic mass is 9.99. The number of sulfone groups is 1. The van der Waals surface area contributed by atoms with Gasteiger partial charge in [-0.2, -0.15) is 0 Å². The van der Waals surface area contributed by atoms with Gasteiger partial charge in [-0.15, -0.1) is 0 Å². The van der Waals surface area contributed by atoms with Crippen molar-refractivity contribution in [1.29, 1.82) is 0 Å². The molecular formula is C10H14O3S. The zero-order valence-electron chi connectivity index (χ0n) is 8.27. The third-order valence-corrected chi connectivity index (χ3v) is 3.03. The molecule has 0 saturated carbocycles. The Bertz CT molecular complexity index is 393. The Hall–Kier alpha value is -0.870. The summed E-state index contributed by atoms with van der Waals surface area (Å²) in [6, 6.07) is 8.79. The lowest BCUT2D eigenvalue weighted by molar-refractivity contribution is 0.0821. The molecule has 0 aromatic heterocycles. The van der Waals surface area contributed by atoms with Crippen molar-refractivity contribution < 1.29 is 13.5 Å². The van der Waals surface area contributed by atoms with Gasteiger partial charge in [0, 0.05) is 6.26 Å². The SMILES string of the molecule is CC(O)(CS(C)(=O)=O)c1ccccc1. The molecule has 78 valence electrons. The van der Waals surface area contributed by atoms with Crippen molar-refractivity contribution >= 4 is 9.84 Å². The first-order chi connectivity index (χ1) is 6.31. The minimum atomic E-state index is -3.18. The topological polar surface area (TPSA) is 54.4 Å². The molecule has 1 aromatic carbocycles. The van der Waals surface area contributed by atoms with E-state index in [1.54, 1.807) is 24.3 Å². The number of hydrogen-bond acceptors (Lipinski definition) is 3. The lowest BCUT2D eigenvalue weighted by Gasteiger charge is -2.22. The smallest absolute Gasteiger partial charge is 0.150 e. The van der Waals surface area contributed by atoms with E-state index in [4.69, 9.17) is 0 Å². The Labute approximate surface area is 84.3 Å². The zero-order valence-corrected chi connectivity index (χ0v) is 9.08. The van der Waals surface area contributed by atoms with Crippen LogP contribution < -0.4 is 0 Å². The molecule has 1 atom stereocenters. The van der Waals surface area contributed by atoms with Gasteiger partial charge in [0.25, 0.3) is 0 Å². The van der Waals surface area contributed by atoms with Crippen LogP contribution in [0.15, 0.2) is 30.3 Å². The predicted molar refractivity (Wildman–Crippen MR) is 55.7 cm³/mol. The number of aliphatic hydroxyl groups is 1. The van der Waals surface area contributed by atoms with Crippen molar-refractivity contribution in [3.05, 3.63) is 35.9 Å². The van der Waals surface area contributed by atoms with Gasteiger partial charge in [-0.1, -0.05) is 30.3 Å². The van der Waals surface area contributed by atoms with Crippen molar-refractivity contribution in [2.75, 3.05) is 12.0 Å². The maximum atomic E-state index is 11.1. The van der Waals surface area contributed by atoms with Gasteiger partial charge in [0.05, 0.1) is 5.75 Å². The minimum Gasteiger partial charge on any atom is -0.384 e. The van der Waals surface area contributed by atoms with Gasteiger partial charge in [-0.05, 0) is 12.5 Å². The first-order valence-corrected chi connectivity index (χ1v) is 6.33. The second kappa shape index (κ2) is 3.71. The fourth-order valence-corrected chi connectivity index (χ4v) is 2.58. The fraction of sp³-hybridized carbons (Fsp3) is 0.400. The molecular weight excluding hydrogens is 200 g/mol. The van der Waals surface area contributed by atoms with Gasteiger partial charge in [-0.3, -0.25) is 0 Å². The molecule has 1 unspecified atom stereocenters. The number of rotatable bonds is 3. The van der Waals surface area contributed by atoms with Crippen LogP contribution in [0.1, 0.15) is 12.5 Å². The highest BCUT2D eigenvalue weighted by atomic mass is 32.2. The highest BCUT2D eigenvalue weighted by Gasteiger charge is 2.27. The molecule has 4 heteroatoms. The van der Waals surface area contributed by atoms with Crippen LogP contribution in [0.5, 0.6) is 0 Å². The number of benzene rings is 1. The number of hydrogen-bond donors (Lipinski definition) is 1. The molecule has 0 bridgehead atoms. The van der Waals surface area contributed by atoms with Gasteiger partial charge in [0.1, 0.15) is 5.60 Å². The molecule has 0 aliphatic heterocycles. The molecule has 0 spiro atoms. The molecule has 1 rings (SSSR count). The standard InChI is InChI=1S/C10H14O3S/c1-10(11,8-14(2,12)13)9-6-4-3-5-7-9/h3-7,11H,8H2,1-2H3. The zero-order chi connectivity index (χ0) is 10.8. The van der Waals surface area contributed by atoms with E-state index in [-0.39, 0.29) is 5.75 Å². The van der Waals surface area contributed by atoms with Gasteiger partial charge < -0.3 is 5.11 Å². The van der Waals surface area contributed by atoms with E-state index in [0.29, 0.717) is 5.56 Å². The first kappa shape index (κ1) is 11.2. The molecule has 0 aliphatic rings. The minimum absolute atomic E-state index is 0.260. The third-order valence-electron chi connectivity index (χ3n) is 1.94. The molecule has 0 heterocycles. The summed E-state index contributed by atoms with van der Waals surface area (Å²) < 4.78 is 22.1. The van der Waals surface area contributed by atoms with Gasteiger partial charge in [0.2, 0.25) is 0 Å². The van der Waals surface area contributed by atoms with Crippen molar-refractivity contribution in [3.8, 4) is 0 Å². The summed E-state index contributed by atoms with van der Waals surface area (Å²) in [7, 11) is -3.18. The van der Waals surface area contributed by atoms with Crippen molar-refractivity contribution in [2.24, 2.45) is 0 Å². The second-order valence-electron chi connectivity index (χ2n) is 3.71. The summed E-state index contributed by atoms with van der Waals surface area (Å²) in [6.45, 7) is 1.50. The Morgan fingerprint density at radius 3 is 2.21 bits per heavy atom. The molecule has 1 N–H and O–H groups in total. The molecule has 1 aromatic rings. The van der Waals surface area contributed by atoms with Gasteiger partial charge in [-0.25, -0.2) is 8.42 Å². The van der Waals surface area contributed by atoms with Crippen molar-refractivity contribution in [3.63, 3.8) is 0 Å². The van der Waals surface area contributed by atoms with Crippen LogP contribution in [0, 0.1) is 0 Å². The summed E-state index contributed by atoms with van der Waals surface area (Å²) >= 11 is 0. The average Bonchev–Trinajstić information content (AvgIpc) is 2.01. The van der Waals surface area contributed by atoms with Crippen LogP contribution >= 0.6 is 0 Å². The fourth-order valence-electron chi connectivity index (χ4n) is 1.39. The Morgan fingerprint density at radius 2 is 1.79 bits per heavy atom. The summed E-state index contributed by atoms with van der Waals surface area (Å²) in [5, 5.41) is 9.94. The molecule has 0 amide bonds. The third kappa shape index (κ3) is 3.12. The van der Waals surface area contributed by atoms with E-state index in [1.165, 1.54) is 6.92 Å². The Kier molecular flexibility index (Phi) is 2.97. The van der Waals surface area contributed by atoms with Crippen LogP contribution in [0.3, 0.4) is 0 Å². The highest BCUT2D eigenvalue weighted by Crippen LogP contribution is 2.21. The predicted octanol–water partition coefficient (Wildman–Crippen LogP) is 0.939. The Morgan fingerprint density at radius 1 is 1.29 bits per heavy atom. The highest BCUT2D eigenvalue weighted by molar-refractivity contribution is 7.90. The van der Waals surface area contributed by atoms with E-state index in [1.807, 2.05) is 6.07 Å². The van der Waals surface area contributed by atoms with E-state index >= 15 is 0 Å². The van der Waals surface area contributed by atoms with Crippen molar-refractivity contribution in [2.45, 2.75) is 12.5 Å². The van der Waals surface area contributed by atoms with Crippen LogP contribution in [0.25, 0.3) is 0 Å². The normalized spacial score (nSPS) is 16.2. The molecule has 14 heavy (non-hydrogen) atoms. The summed E-state index contributed by atoms with van der Waals surface area (Å²) in [4.78, 5) is 0. The first-order valence-electron chi connectivity index (χ1n) is 4.27. The summed E-state index contributed by atoms with van der Waals surface area (Å²) in [6.07, 6.45) is 1.12. The molecule has 0 aliphatic carbocycles. The van der Waals surface area contributed by atoms with E-state index in [9.17, 15) is 13.5 Å². The molecule has 0 saturated heterocycles. The van der Waals surface area contributed by atoms with Crippen LogP contribution in [0.4, 0.5) is 0 Å². The quantitative estimate of drug-likeness (QED) is 0.814.